The van der Waals surface area contributed by atoms with Crippen molar-refractivity contribution in [1.82, 2.24) is 4.98 Å². The first-order chi connectivity index (χ1) is 10.3. The summed E-state index contributed by atoms with van der Waals surface area (Å²) in [6.07, 6.45) is 2.24. The van der Waals surface area contributed by atoms with Crippen LogP contribution in [0.3, 0.4) is 0 Å². The summed E-state index contributed by atoms with van der Waals surface area (Å²) in [5, 5.41) is 10.9. The molecule has 110 valence electrons. The third-order valence-electron chi connectivity index (χ3n) is 3.31. The van der Waals surface area contributed by atoms with Gasteiger partial charge >= 0.3 is 0 Å². The van der Waals surface area contributed by atoms with Gasteiger partial charge in [-0.15, -0.1) is 0 Å². The van der Waals surface area contributed by atoms with Crippen LogP contribution in [0.1, 0.15) is 6.42 Å². The van der Waals surface area contributed by atoms with Crippen molar-refractivity contribution in [3.63, 3.8) is 0 Å². The summed E-state index contributed by atoms with van der Waals surface area (Å²) in [6.45, 7) is 1.94. The second kappa shape index (κ2) is 7.46. The molecule has 5 nitrogen and oxygen atoms in total. The number of aromatic nitrogens is 1. The molecule has 1 aromatic carbocycles. The Kier molecular flexibility index (Phi) is 5.35. The quantitative estimate of drug-likeness (QED) is 0.782. The van der Waals surface area contributed by atoms with Gasteiger partial charge in [0.1, 0.15) is 11.6 Å². The Labute approximate surface area is 124 Å². The lowest BCUT2D eigenvalue weighted by molar-refractivity contribution is 0.205. The van der Waals surface area contributed by atoms with Gasteiger partial charge in [-0.3, -0.25) is 0 Å². The third kappa shape index (κ3) is 3.61. The Balaban J connectivity index is 2.39. The highest BCUT2D eigenvalue weighted by atomic mass is 16.5. The van der Waals surface area contributed by atoms with E-state index >= 15 is 0 Å². The van der Waals surface area contributed by atoms with Crippen LogP contribution < -0.4 is 9.64 Å². The Bertz CT molecular complexity index is 637. The second-order valence-corrected chi connectivity index (χ2v) is 4.61. The molecular formula is C16H19N3O2. The first-order valence-corrected chi connectivity index (χ1v) is 6.83. The van der Waals surface area contributed by atoms with Crippen LogP contribution in [0.15, 0.2) is 30.5 Å². The average molecular weight is 285 g/mol. The van der Waals surface area contributed by atoms with Crippen LogP contribution in [-0.2, 0) is 4.74 Å². The molecule has 5 heteroatoms. The topological polar surface area (TPSA) is 58.4 Å². The first-order valence-electron chi connectivity index (χ1n) is 6.83. The summed E-state index contributed by atoms with van der Waals surface area (Å²) >= 11 is 0. The van der Waals surface area contributed by atoms with E-state index in [1.165, 1.54) is 0 Å². The first kappa shape index (κ1) is 15.1. The van der Waals surface area contributed by atoms with Gasteiger partial charge in [-0.25, -0.2) is 4.98 Å². The van der Waals surface area contributed by atoms with Gasteiger partial charge in [0.05, 0.1) is 26.2 Å². The second-order valence-electron chi connectivity index (χ2n) is 4.61. The van der Waals surface area contributed by atoms with Crippen molar-refractivity contribution in [3.8, 4) is 11.8 Å². The highest BCUT2D eigenvalue weighted by molar-refractivity contribution is 5.93. The molecule has 0 aliphatic carbocycles. The summed E-state index contributed by atoms with van der Waals surface area (Å²) in [5.74, 6) is 1.70. The molecular weight excluding hydrogens is 266 g/mol. The van der Waals surface area contributed by atoms with Gasteiger partial charge in [-0.05, 0) is 29.7 Å². The van der Waals surface area contributed by atoms with E-state index in [4.69, 9.17) is 14.7 Å². The molecule has 0 amide bonds. The molecule has 1 aromatic heterocycles. The van der Waals surface area contributed by atoms with Crippen LogP contribution in [0.25, 0.3) is 10.8 Å². The maximum atomic E-state index is 8.82. The van der Waals surface area contributed by atoms with Crippen molar-refractivity contribution >= 4 is 16.6 Å². The smallest absolute Gasteiger partial charge is 0.136 e. The standard InChI is InChI=1S/C16H19N3O2/c1-20-11-10-19(9-3-7-17)16-15-5-4-14(21-2)12-13(15)6-8-18-16/h4-6,8,12H,3,9-11H2,1-2H3. The van der Waals surface area contributed by atoms with Gasteiger partial charge in [0.15, 0.2) is 0 Å². The Morgan fingerprint density at radius 2 is 2.10 bits per heavy atom. The number of hydrogen-bond acceptors (Lipinski definition) is 5. The van der Waals surface area contributed by atoms with E-state index in [2.05, 4.69) is 16.0 Å². The number of hydrogen-bond donors (Lipinski definition) is 0. The molecule has 0 bridgehead atoms. The van der Waals surface area contributed by atoms with E-state index in [-0.39, 0.29) is 0 Å². The largest absolute Gasteiger partial charge is 0.497 e. The number of rotatable bonds is 7. The van der Waals surface area contributed by atoms with Gasteiger partial charge < -0.3 is 14.4 Å². The van der Waals surface area contributed by atoms with Gasteiger partial charge in [0, 0.05) is 31.8 Å². The van der Waals surface area contributed by atoms with Gasteiger partial charge in [0.2, 0.25) is 0 Å². The maximum absolute atomic E-state index is 8.82. The molecule has 0 saturated heterocycles. The zero-order chi connectivity index (χ0) is 15.1. The van der Waals surface area contributed by atoms with Crippen molar-refractivity contribution in [2.24, 2.45) is 0 Å². The van der Waals surface area contributed by atoms with E-state index in [1.54, 1.807) is 20.4 Å². The fourth-order valence-corrected chi connectivity index (χ4v) is 2.23. The van der Waals surface area contributed by atoms with Crippen molar-refractivity contribution in [2.45, 2.75) is 6.42 Å². The number of nitrogens with zero attached hydrogens (tertiary/aromatic N) is 3. The molecule has 0 fully saturated rings. The molecule has 0 N–H and O–H groups in total. The molecule has 0 aliphatic heterocycles. The van der Waals surface area contributed by atoms with Gasteiger partial charge in [-0.2, -0.15) is 5.26 Å². The SMILES string of the molecule is COCCN(CCC#N)c1nccc2cc(OC)ccc12. The molecule has 0 atom stereocenters. The Morgan fingerprint density at radius 1 is 1.24 bits per heavy atom. The molecule has 0 radical (unpaired) electrons. The Morgan fingerprint density at radius 3 is 2.81 bits per heavy atom. The lowest BCUT2D eigenvalue weighted by Gasteiger charge is -2.23. The summed E-state index contributed by atoms with van der Waals surface area (Å²) in [4.78, 5) is 6.57. The number of pyridine rings is 1. The van der Waals surface area contributed by atoms with Crippen LogP contribution in [0, 0.1) is 11.3 Å². The van der Waals surface area contributed by atoms with Crippen LogP contribution in [-0.4, -0.2) is 38.9 Å². The number of benzene rings is 1. The fourth-order valence-electron chi connectivity index (χ4n) is 2.23. The molecule has 2 aromatic rings. The number of fused-ring (bicyclic) bond motifs is 1. The molecule has 0 aliphatic rings. The van der Waals surface area contributed by atoms with E-state index in [9.17, 15) is 0 Å². The maximum Gasteiger partial charge on any atom is 0.136 e. The van der Waals surface area contributed by atoms with Crippen molar-refractivity contribution in [2.75, 3.05) is 38.8 Å². The van der Waals surface area contributed by atoms with E-state index < -0.39 is 0 Å². The van der Waals surface area contributed by atoms with Crippen LogP contribution in [0.5, 0.6) is 5.75 Å². The average Bonchev–Trinajstić information content (AvgIpc) is 2.54. The zero-order valence-electron chi connectivity index (χ0n) is 12.4. The van der Waals surface area contributed by atoms with Crippen LogP contribution >= 0.6 is 0 Å². The molecule has 2 rings (SSSR count). The molecule has 0 unspecified atom stereocenters. The summed E-state index contributed by atoms with van der Waals surface area (Å²) in [5.41, 5.74) is 0. The van der Waals surface area contributed by atoms with Gasteiger partial charge in [-0.1, -0.05) is 0 Å². The third-order valence-corrected chi connectivity index (χ3v) is 3.31. The summed E-state index contributed by atoms with van der Waals surface area (Å²) < 4.78 is 10.4. The minimum atomic E-state index is 0.456. The van der Waals surface area contributed by atoms with Crippen LogP contribution in [0.2, 0.25) is 0 Å². The number of methoxy groups -OCH3 is 2. The fraction of sp³-hybridized carbons (Fsp3) is 0.375. The molecule has 0 spiro atoms. The highest BCUT2D eigenvalue weighted by Gasteiger charge is 2.11. The van der Waals surface area contributed by atoms with Crippen molar-refractivity contribution < 1.29 is 9.47 Å². The predicted octanol–water partition coefficient (Wildman–Crippen LogP) is 2.61. The van der Waals surface area contributed by atoms with E-state index in [1.807, 2.05) is 24.3 Å². The van der Waals surface area contributed by atoms with E-state index in [0.29, 0.717) is 26.1 Å². The van der Waals surface area contributed by atoms with E-state index in [0.717, 1.165) is 22.3 Å². The predicted molar refractivity (Wildman–Crippen MR) is 82.6 cm³/mol. The van der Waals surface area contributed by atoms with Crippen LogP contribution in [0.4, 0.5) is 5.82 Å². The minimum absolute atomic E-state index is 0.456. The molecule has 1 heterocycles. The highest BCUT2D eigenvalue weighted by Crippen LogP contribution is 2.27. The lowest BCUT2D eigenvalue weighted by Crippen LogP contribution is -2.29. The minimum Gasteiger partial charge on any atom is -0.497 e. The lowest BCUT2D eigenvalue weighted by atomic mass is 10.1. The number of nitriles is 1. The summed E-state index contributed by atoms with van der Waals surface area (Å²) in [7, 11) is 3.32. The molecule has 21 heavy (non-hydrogen) atoms. The van der Waals surface area contributed by atoms with Crippen molar-refractivity contribution in [1.29, 1.82) is 5.26 Å². The number of ether oxygens (including phenoxy) is 2. The monoisotopic (exact) mass is 285 g/mol. The number of anilines is 1. The Hall–Kier alpha value is -2.32. The summed E-state index contributed by atoms with van der Waals surface area (Å²) in [6, 6.07) is 10.0. The van der Waals surface area contributed by atoms with Crippen molar-refractivity contribution in [3.05, 3.63) is 30.5 Å². The van der Waals surface area contributed by atoms with Gasteiger partial charge in [0.25, 0.3) is 0 Å². The normalized spacial score (nSPS) is 10.3. The molecule has 0 saturated carbocycles. The zero-order valence-corrected chi connectivity index (χ0v) is 12.4.